The van der Waals surface area contributed by atoms with Gasteiger partial charge in [-0.3, -0.25) is 0 Å². The first-order valence-electron chi connectivity index (χ1n) is 26.4. The van der Waals surface area contributed by atoms with Crippen LogP contribution in [-0.4, -0.2) is 24.8 Å². The van der Waals surface area contributed by atoms with Crippen LogP contribution in [0.25, 0.3) is 0 Å². The minimum atomic E-state index is -2.56. The summed E-state index contributed by atoms with van der Waals surface area (Å²) in [4.78, 5) is 24.7. The van der Waals surface area contributed by atoms with Crippen molar-refractivity contribution in [3.05, 3.63) is 252 Å². The number of rotatable bonds is 16. The summed E-state index contributed by atoms with van der Waals surface area (Å²) in [6, 6.07) is 66.6. The van der Waals surface area contributed by atoms with Crippen LogP contribution in [0, 0.1) is 0 Å². The normalized spacial score (nSPS) is 16.7. The van der Waals surface area contributed by atoms with E-state index < -0.39 is 14.5 Å². The molecule has 0 N–H and O–H groups in total. The predicted molar refractivity (Wildman–Crippen MR) is 318 cm³/mol. The molecule has 0 unspecified atom stereocenters. The number of ether oxygens (including phenoxy) is 2. The van der Waals surface area contributed by atoms with Gasteiger partial charge < -0.3 is 0 Å². The van der Waals surface area contributed by atoms with Gasteiger partial charge in [-0.1, -0.05) is 0 Å². The van der Waals surface area contributed by atoms with Crippen LogP contribution in [-0.2, 0) is 19.1 Å². The van der Waals surface area contributed by atoms with E-state index >= 15 is 0 Å². The van der Waals surface area contributed by atoms with E-state index in [2.05, 4.69) is 182 Å². The van der Waals surface area contributed by atoms with Crippen molar-refractivity contribution in [2.45, 2.75) is 89.9 Å². The Hall–Kier alpha value is -5.96. The van der Waals surface area contributed by atoms with Crippen LogP contribution in [0.15, 0.2) is 252 Å². The molecular weight excluding hydrogens is 999 g/mol. The van der Waals surface area contributed by atoms with Crippen molar-refractivity contribution in [3.63, 3.8) is 0 Å². The predicted octanol–water partition coefficient (Wildman–Crippen LogP) is 14.1. The van der Waals surface area contributed by atoms with E-state index in [-0.39, 0.29) is 28.5 Å². The summed E-state index contributed by atoms with van der Waals surface area (Å²) in [6.07, 6.45) is 25.2. The molecule has 0 bridgehead atoms. The molecule has 6 aromatic carbocycles. The van der Waals surface area contributed by atoms with Gasteiger partial charge in [0.25, 0.3) is 0 Å². The second-order valence-corrected chi connectivity index (χ2v) is 27.0. The molecule has 0 aromatic heterocycles. The zero-order valence-electron chi connectivity index (χ0n) is 42.1. The molecule has 7 heteroatoms. The third-order valence-corrected chi connectivity index (χ3v) is 25.0. The van der Waals surface area contributed by atoms with Crippen LogP contribution >= 0.6 is 31.5 Å². The number of hydrogen-bond donors (Lipinski definition) is 0. The summed E-state index contributed by atoms with van der Waals surface area (Å²) < 4.78 is 13.4. The first kappa shape index (κ1) is 53.3. The maximum absolute atomic E-state index is 12.3. The summed E-state index contributed by atoms with van der Waals surface area (Å²) in [6.45, 7) is 1.10. The molecule has 0 saturated carbocycles. The Morgan fingerprint density at radius 1 is 0.356 bits per heavy atom. The molecule has 4 nitrogen and oxygen atoms in total. The SMILES string of the molecule is Br.O=C1CC=CC=C1CCOC1=C([PH](c2ccccc2)(c2ccccc2)c2ccccc2)CCCCC1.O=C1CC=CC=C1CCOC1=C([PH](c2ccccc2)(c2ccccc2)c2ccccc2)CCCCC1. The average Bonchev–Trinajstić information content (AvgIpc) is 3.83. The summed E-state index contributed by atoms with van der Waals surface area (Å²) in [5.74, 6) is 2.76. The van der Waals surface area contributed by atoms with Crippen LogP contribution in [0.5, 0.6) is 0 Å². The first-order valence-corrected chi connectivity index (χ1v) is 30.4. The molecule has 0 atom stereocenters. The number of ketones is 2. The second-order valence-electron chi connectivity index (χ2n) is 19.3. The second kappa shape index (κ2) is 26.8. The van der Waals surface area contributed by atoms with Crippen molar-refractivity contribution in [1.82, 2.24) is 0 Å². The van der Waals surface area contributed by atoms with Crippen molar-refractivity contribution in [2.24, 2.45) is 0 Å². The van der Waals surface area contributed by atoms with E-state index in [0.717, 1.165) is 61.2 Å². The number of allylic oxidation sites excluding steroid dienone is 10. The number of carbonyl (C=O) groups is 2. The minimum absolute atomic E-state index is 0. The van der Waals surface area contributed by atoms with Gasteiger partial charge in [0.1, 0.15) is 0 Å². The molecule has 0 fully saturated rings. The molecule has 0 spiro atoms. The Morgan fingerprint density at radius 2 is 0.630 bits per heavy atom. The molecule has 73 heavy (non-hydrogen) atoms. The fourth-order valence-electron chi connectivity index (χ4n) is 11.6. The Kier molecular flexibility index (Phi) is 19.6. The van der Waals surface area contributed by atoms with Gasteiger partial charge in [-0.15, -0.1) is 17.0 Å². The Labute approximate surface area is 446 Å². The van der Waals surface area contributed by atoms with Crippen LogP contribution in [0.2, 0.25) is 0 Å². The van der Waals surface area contributed by atoms with Gasteiger partial charge in [0.15, 0.2) is 0 Å². The topological polar surface area (TPSA) is 52.6 Å². The van der Waals surface area contributed by atoms with Gasteiger partial charge in [-0.05, 0) is 0 Å². The van der Waals surface area contributed by atoms with Crippen LogP contribution < -0.4 is 31.8 Å². The van der Waals surface area contributed by atoms with Crippen molar-refractivity contribution in [3.8, 4) is 0 Å². The van der Waals surface area contributed by atoms with Gasteiger partial charge in [0, 0.05) is 0 Å². The van der Waals surface area contributed by atoms with Gasteiger partial charge in [-0.2, -0.15) is 0 Å². The summed E-state index contributed by atoms with van der Waals surface area (Å²) in [7, 11) is -5.12. The van der Waals surface area contributed by atoms with E-state index in [9.17, 15) is 9.59 Å². The average molecular weight is 1070 g/mol. The number of carbonyl (C=O) groups excluding carboxylic acids is 2. The molecule has 0 saturated heterocycles. The third kappa shape index (κ3) is 12.4. The fraction of sp³-hybridized carbons (Fsp3) is 0.242. The number of hydrogen-bond acceptors (Lipinski definition) is 4. The number of benzene rings is 6. The van der Waals surface area contributed by atoms with Gasteiger partial charge in [-0.25, -0.2) is 0 Å². The van der Waals surface area contributed by atoms with Gasteiger partial charge >= 0.3 is 432 Å². The van der Waals surface area contributed by atoms with Gasteiger partial charge in [0.05, 0.1) is 0 Å². The standard InChI is InChI=1S/2C33H35O2P.BrH/c2*34-31-22-14-13-15-27(31)25-26-35-32-23-11-4-12-24-33(32)36(28-16-5-1-6-17-28,29-18-7-2-8-19-29)30-20-9-3-10-21-30;/h2*1-3,5-10,13-21,36H,4,11-12,22-26H2;1H. The third-order valence-electron chi connectivity index (χ3n) is 15.0. The van der Waals surface area contributed by atoms with E-state index in [1.165, 1.54) is 68.1 Å². The maximum atomic E-state index is 12.3. The molecule has 10 rings (SSSR count). The fourth-order valence-corrected chi connectivity index (χ4v) is 22.2. The molecule has 0 heterocycles. The Morgan fingerprint density at radius 3 is 0.904 bits per heavy atom. The monoisotopic (exact) mass is 1070 g/mol. The Balaban J connectivity index is 0.000000192. The van der Waals surface area contributed by atoms with Gasteiger partial charge in [0.2, 0.25) is 0 Å². The zero-order chi connectivity index (χ0) is 49.3. The number of Topliss-reactive ketones (excluding diaryl/α,β-unsaturated/α-hetero) is 2. The molecule has 4 aliphatic rings. The zero-order valence-corrected chi connectivity index (χ0v) is 45.9. The van der Waals surface area contributed by atoms with E-state index in [1.807, 2.05) is 36.5 Å². The van der Waals surface area contributed by atoms with E-state index in [1.54, 1.807) is 0 Å². The van der Waals surface area contributed by atoms with Crippen molar-refractivity contribution < 1.29 is 19.1 Å². The molecule has 6 aromatic rings. The summed E-state index contributed by atoms with van der Waals surface area (Å²) in [5.41, 5.74) is 1.76. The summed E-state index contributed by atoms with van der Waals surface area (Å²) in [5, 5.41) is 11.4. The molecule has 0 aliphatic heterocycles. The molecule has 0 radical (unpaired) electrons. The van der Waals surface area contributed by atoms with Crippen molar-refractivity contribution >= 4 is 74.9 Å². The number of halogens is 1. The molecule has 376 valence electrons. The van der Waals surface area contributed by atoms with E-state index in [0.29, 0.717) is 38.9 Å². The molecule has 0 amide bonds. The van der Waals surface area contributed by atoms with Crippen molar-refractivity contribution in [1.29, 1.82) is 0 Å². The summed E-state index contributed by atoms with van der Waals surface area (Å²) >= 11 is 0. The van der Waals surface area contributed by atoms with Crippen LogP contribution in [0.3, 0.4) is 0 Å². The van der Waals surface area contributed by atoms with Crippen LogP contribution in [0.4, 0.5) is 0 Å². The first-order chi connectivity index (χ1) is 35.6. The Bertz CT molecular complexity index is 2530. The van der Waals surface area contributed by atoms with Crippen LogP contribution in [0.1, 0.15) is 89.9 Å². The molecule has 4 aliphatic carbocycles. The molecular formula is C66H71BrO4P2. The van der Waals surface area contributed by atoms with E-state index in [4.69, 9.17) is 9.47 Å². The van der Waals surface area contributed by atoms with Crippen molar-refractivity contribution in [2.75, 3.05) is 13.2 Å². The quantitative estimate of drug-likeness (QED) is 0.0907.